The molecule has 0 saturated carbocycles. The van der Waals surface area contributed by atoms with Crippen LogP contribution in [0.15, 0.2) is 0 Å². The first-order valence-electron chi connectivity index (χ1n) is 3.97. The average Bonchev–Trinajstić information content (AvgIpc) is 1.97. The van der Waals surface area contributed by atoms with Gasteiger partial charge in [0.05, 0.1) is 0 Å². The van der Waals surface area contributed by atoms with Crippen LogP contribution in [0, 0.1) is 0 Å². The van der Waals surface area contributed by atoms with Crippen LogP contribution in [0.5, 0.6) is 0 Å². The summed E-state index contributed by atoms with van der Waals surface area (Å²) in [5.74, 6) is 0. The molecule has 0 radical (unpaired) electrons. The Bertz CT molecular complexity index is 60.6. The molecule has 0 bridgehead atoms. The Hall–Kier alpha value is 1.08. The maximum absolute atomic E-state index is 5.86. The van der Waals surface area contributed by atoms with Crippen molar-refractivity contribution in [3.8, 4) is 0 Å². The summed E-state index contributed by atoms with van der Waals surface area (Å²) in [6, 6.07) is 0.492. The molecule has 0 aromatic heterocycles. The topological polar surface area (TPSA) is 26.0 Å². The van der Waals surface area contributed by atoms with E-state index in [9.17, 15) is 0 Å². The molecule has 0 heterocycles. The molecule has 0 fully saturated rings. The predicted molar refractivity (Wildman–Crippen MR) is 53.1 cm³/mol. The molecule has 3 heteroatoms. The van der Waals surface area contributed by atoms with Gasteiger partial charge in [0, 0.05) is 0 Å². The molecule has 0 aromatic carbocycles. The van der Waals surface area contributed by atoms with Crippen molar-refractivity contribution < 1.29 is 0 Å². The van der Waals surface area contributed by atoms with Gasteiger partial charge in [-0.05, 0) is 0 Å². The van der Waals surface area contributed by atoms with Crippen LogP contribution in [0.4, 0.5) is 0 Å². The zero-order valence-corrected chi connectivity index (χ0v) is 11.4. The van der Waals surface area contributed by atoms with Crippen LogP contribution in [0.3, 0.4) is 0 Å². The van der Waals surface area contributed by atoms with E-state index in [1.54, 1.807) is 0 Å². The second-order valence-electron chi connectivity index (χ2n) is 2.62. The SMILES string of the molecule is NC(CCC[AsH2])CCC[AsH2]. The van der Waals surface area contributed by atoms with E-state index >= 15 is 0 Å². The summed E-state index contributed by atoms with van der Waals surface area (Å²) in [6.45, 7) is 0. The van der Waals surface area contributed by atoms with Gasteiger partial charge in [-0.2, -0.15) is 0 Å². The summed E-state index contributed by atoms with van der Waals surface area (Å²) in [5.41, 5.74) is 5.86. The van der Waals surface area contributed by atoms with Gasteiger partial charge < -0.3 is 0 Å². The minimum absolute atomic E-state index is 0.492. The van der Waals surface area contributed by atoms with E-state index in [0.29, 0.717) is 6.04 Å². The van der Waals surface area contributed by atoms with Gasteiger partial charge in [-0.15, -0.1) is 0 Å². The third-order valence-electron chi connectivity index (χ3n) is 1.56. The van der Waals surface area contributed by atoms with Crippen LogP contribution in [-0.2, 0) is 0 Å². The molecule has 0 saturated heterocycles. The molecule has 0 amide bonds. The second-order valence-corrected chi connectivity index (χ2v) is 5.04. The first kappa shape index (κ1) is 11.1. The van der Waals surface area contributed by atoms with Crippen LogP contribution in [0.25, 0.3) is 0 Å². The van der Waals surface area contributed by atoms with Crippen molar-refractivity contribution >= 4 is 33.7 Å². The summed E-state index contributed by atoms with van der Waals surface area (Å²) in [7, 11) is 0. The number of rotatable bonds is 6. The molecule has 10 heavy (non-hydrogen) atoms. The van der Waals surface area contributed by atoms with E-state index in [2.05, 4.69) is 0 Å². The van der Waals surface area contributed by atoms with Crippen LogP contribution < -0.4 is 5.73 Å². The van der Waals surface area contributed by atoms with E-state index < -0.39 is 0 Å². The number of nitrogens with two attached hydrogens (primary N) is 1. The Kier molecular flexibility index (Phi) is 9.06. The normalized spacial score (nSPS) is 10.8. The van der Waals surface area contributed by atoms with Gasteiger partial charge in [-0.25, -0.2) is 0 Å². The predicted octanol–water partition coefficient (Wildman–Crippen LogP) is -0.0231. The summed E-state index contributed by atoms with van der Waals surface area (Å²) in [5, 5.41) is 2.69. The van der Waals surface area contributed by atoms with Crippen molar-refractivity contribution in [2.24, 2.45) is 5.73 Å². The first-order chi connectivity index (χ1) is 4.81. The molecule has 0 rings (SSSR count). The monoisotopic (exact) mass is 267 g/mol. The Morgan fingerprint density at radius 2 is 1.40 bits per heavy atom. The van der Waals surface area contributed by atoms with Crippen LogP contribution in [-0.4, -0.2) is 39.7 Å². The van der Waals surface area contributed by atoms with Gasteiger partial charge in [0.2, 0.25) is 0 Å². The van der Waals surface area contributed by atoms with Crippen molar-refractivity contribution in [3.63, 3.8) is 0 Å². The summed E-state index contributed by atoms with van der Waals surface area (Å²) in [4.78, 5) is 0. The quantitative estimate of drug-likeness (QED) is 0.672. The van der Waals surface area contributed by atoms with Gasteiger partial charge in [-0.1, -0.05) is 0 Å². The molecule has 0 aliphatic carbocycles. The van der Waals surface area contributed by atoms with Gasteiger partial charge in [-0.3, -0.25) is 0 Å². The van der Waals surface area contributed by atoms with Crippen molar-refractivity contribution in [1.29, 1.82) is 0 Å². The van der Waals surface area contributed by atoms with Crippen molar-refractivity contribution in [2.45, 2.75) is 42.1 Å². The molecule has 0 spiro atoms. The zero-order valence-electron chi connectivity index (χ0n) is 6.55. The van der Waals surface area contributed by atoms with E-state index in [4.69, 9.17) is 5.73 Å². The van der Waals surface area contributed by atoms with Crippen molar-refractivity contribution in [2.75, 3.05) is 0 Å². The van der Waals surface area contributed by atoms with E-state index in [0.717, 1.165) is 0 Å². The summed E-state index contributed by atoms with van der Waals surface area (Å²) in [6.07, 6.45) is 5.14. The van der Waals surface area contributed by atoms with Gasteiger partial charge in [0.15, 0.2) is 0 Å². The fourth-order valence-corrected chi connectivity index (χ4v) is 1.89. The Morgan fingerprint density at radius 1 is 1.00 bits per heavy atom. The fourth-order valence-electron chi connectivity index (χ4n) is 0.904. The van der Waals surface area contributed by atoms with E-state index in [1.165, 1.54) is 36.1 Å². The zero-order chi connectivity index (χ0) is 7.82. The summed E-state index contributed by atoms with van der Waals surface area (Å²) >= 11 is 3.65. The first-order valence-corrected chi connectivity index (χ1v) is 7.39. The molecular formula is C7H19As2N. The molecular weight excluding hydrogens is 248 g/mol. The van der Waals surface area contributed by atoms with Gasteiger partial charge >= 0.3 is 81.6 Å². The molecule has 0 aromatic rings. The van der Waals surface area contributed by atoms with Crippen molar-refractivity contribution in [3.05, 3.63) is 0 Å². The number of hydrogen-bond acceptors (Lipinski definition) is 1. The van der Waals surface area contributed by atoms with Gasteiger partial charge in [0.1, 0.15) is 0 Å². The molecule has 0 aliphatic heterocycles. The Labute approximate surface area is 81.5 Å². The molecule has 0 aliphatic rings. The third kappa shape index (κ3) is 7.19. The summed E-state index contributed by atoms with van der Waals surface area (Å²) < 4.78 is 0. The molecule has 2 atom stereocenters. The molecule has 62 valence electrons. The van der Waals surface area contributed by atoms with E-state index in [-0.39, 0.29) is 0 Å². The average molecular weight is 267 g/mol. The van der Waals surface area contributed by atoms with Crippen LogP contribution in [0.1, 0.15) is 25.7 Å². The molecule has 2 N–H and O–H groups in total. The van der Waals surface area contributed by atoms with E-state index in [1.807, 2.05) is 33.7 Å². The maximum atomic E-state index is 5.86. The Balaban J connectivity index is 3.00. The number of hydrogen-bond donors (Lipinski definition) is 1. The Morgan fingerprint density at radius 3 is 1.70 bits per heavy atom. The van der Waals surface area contributed by atoms with Crippen LogP contribution >= 0.6 is 0 Å². The molecule has 2 unspecified atom stereocenters. The standard InChI is InChI=1S/C7H19As2N/c8-5-1-3-7(10)4-2-6-9/h7H,1-6,8-10H2. The van der Waals surface area contributed by atoms with Gasteiger partial charge in [0.25, 0.3) is 0 Å². The third-order valence-corrected chi connectivity index (χ3v) is 3.27. The minimum atomic E-state index is 0.492. The second kappa shape index (κ2) is 8.18. The molecule has 1 nitrogen and oxygen atoms in total. The van der Waals surface area contributed by atoms with Crippen molar-refractivity contribution in [1.82, 2.24) is 0 Å². The van der Waals surface area contributed by atoms with Crippen LogP contribution in [0.2, 0.25) is 10.4 Å². The fraction of sp³-hybridized carbons (Fsp3) is 1.00.